The van der Waals surface area contributed by atoms with Crippen LogP contribution < -0.4 is 4.74 Å². The molecule has 1 aromatic rings. The van der Waals surface area contributed by atoms with Crippen LogP contribution in [0.2, 0.25) is 5.02 Å². The Balaban J connectivity index is 3.18. The number of hydrogen-bond donors (Lipinski definition) is 1. The molecule has 0 radical (unpaired) electrons. The van der Waals surface area contributed by atoms with Crippen LogP contribution >= 0.6 is 11.6 Å². The smallest absolute Gasteiger partial charge is 0.126 e. The lowest BCUT2D eigenvalue weighted by molar-refractivity contribution is 0.287. The molecule has 84 valence electrons. The van der Waals surface area contributed by atoms with E-state index in [1.165, 1.54) is 0 Å². The molecule has 2 nitrogen and oxygen atoms in total. The Morgan fingerprint density at radius 3 is 2.53 bits per heavy atom. The summed E-state index contributed by atoms with van der Waals surface area (Å²) in [7, 11) is 1.65. The van der Waals surface area contributed by atoms with Gasteiger partial charge in [0.15, 0.2) is 0 Å². The first-order valence-corrected chi connectivity index (χ1v) is 5.43. The van der Waals surface area contributed by atoms with Gasteiger partial charge in [-0.1, -0.05) is 17.7 Å². The summed E-state index contributed by atoms with van der Waals surface area (Å²) < 4.78 is 5.34. The van der Waals surface area contributed by atoms with Gasteiger partial charge in [0.1, 0.15) is 5.75 Å². The first-order chi connectivity index (χ1) is 7.11. The van der Waals surface area contributed by atoms with Gasteiger partial charge in [0.2, 0.25) is 0 Å². The molecule has 1 aromatic carbocycles. The molecule has 0 fully saturated rings. The van der Waals surface area contributed by atoms with Gasteiger partial charge in [-0.25, -0.2) is 0 Å². The maximum absolute atomic E-state index is 8.84. The molecule has 0 heterocycles. The van der Waals surface area contributed by atoms with Gasteiger partial charge in [-0.05, 0) is 37.8 Å². The van der Waals surface area contributed by atoms with E-state index in [1.54, 1.807) is 7.11 Å². The maximum atomic E-state index is 8.84. The number of methoxy groups -OCH3 is 1. The van der Waals surface area contributed by atoms with Crippen LogP contribution in [-0.4, -0.2) is 18.8 Å². The molecule has 0 aliphatic rings. The van der Waals surface area contributed by atoms with Crippen molar-refractivity contribution in [3.05, 3.63) is 27.8 Å². The molecule has 15 heavy (non-hydrogen) atoms. The molecule has 0 amide bonds. The van der Waals surface area contributed by atoms with Crippen LogP contribution in [0, 0.1) is 13.8 Å². The summed E-state index contributed by atoms with van der Waals surface area (Å²) in [4.78, 5) is 0. The highest BCUT2D eigenvalue weighted by molar-refractivity contribution is 6.32. The van der Waals surface area contributed by atoms with Gasteiger partial charge in [0.25, 0.3) is 0 Å². The van der Waals surface area contributed by atoms with E-state index in [0.29, 0.717) is 6.42 Å². The lowest BCUT2D eigenvalue weighted by Gasteiger charge is -2.14. The molecule has 0 saturated carbocycles. The molecule has 1 rings (SSSR count). The molecule has 1 N–H and O–H groups in total. The third-order valence-electron chi connectivity index (χ3n) is 2.47. The molecule has 0 spiro atoms. The molecule has 0 aliphatic carbocycles. The van der Waals surface area contributed by atoms with Gasteiger partial charge < -0.3 is 9.84 Å². The number of aryl methyl sites for hydroxylation is 2. The predicted octanol–water partition coefficient (Wildman–Crippen LogP) is 2.89. The van der Waals surface area contributed by atoms with Crippen molar-refractivity contribution in [1.29, 1.82) is 0 Å². The van der Waals surface area contributed by atoms with Crippen LogP contribution in [-0.2, 0) is 6.42 Å². The zero-order valence-corrected chi connectivity index (χ0v) is 10.2. The summed E-state index contributed by atoms with van der Waals surface area (Å²) >= 11 is 6.22. The van der Waals surface area contributed by atoms with Gasteiger partial charge in [-0.3, -0.25) is 0 Å². The van der Waals surface area contributed by atoms with Crippen molar-refractivity contribution < 1.29 is 9.84 Å². The third-order valence-corrected chi connectivity index (χ3v) is 2.99. The number of aliphatic hydroxyl groups excluding tert-OH is 1. The van der Waals surface area contributed by atoms with Gasteiger partial charge in [-0.2, -0.15) is 0 Å². The van der Waals surface area contributed by atoms with Gasteiger partial charge in [0.05, 0.1) is 12.1 Å². The van der Waals surface area contributed by atoms with E-state index >= 15 is 0 Å². The summed E-state index contributed by atoms with van der Waals surface area (Å²) in [6, 6.07) is 2.02. The standard InChI is InChI=1S/C12H17ClO2/c1-8-7-9(2)12(15-3)10(11(8)13)5-4-6-14/h7,14H,4-6H2,1-3H3. The van der Waals surface area contributed by atoms with Crippen LogP contribution in [0.4, 0.5) is 0 Å². The minimum atomic E-state index is 0.173. The Kier molecular flexibility index (Phi) is 4.43. The topological polar surface area (TPSA) is 29.5 Å². The third kappa shape index (κ3) is 2.64. The first-order valence-electron chi connectivity index (χ1n) is 5.05. The van der Waals surface area contributed by atoms with Crippen molar-refractivity contribution in [2.75, 3.05) is 13.7 Å². The number of aliphatic hydroxyl groups is 1. The normalized spacial score (nSPS) is 10.5. The SMILES string of the molecule is COc1c(C)cc(C)c(Cl)c1CCCO. The first kappa shape index (κ1) is 12.3. The average Bonchev–Trinajstić information content (AvgIpc) is 2.21. The van der Waals surface area contributed by atoms with Crippen molar-refractivity contribution in [3.8, 4) is 5.75 Å². The highest BCUT2D eigenvalue weighted by Crippen LogP contribution is 2.33. The molecule has 0 aromatic heterocycles. The van der Waals surface area contributed by atoms with Crippen LogP contribution in [0.1, 0.15) is 23.1 Å². The number of rotatable bonds is 4. The summed E-state index contributed by atoms with van der Waals surface area (Å²) in [6.07, 6.45) is 1.46. The highest BCUT2D eigenvalue weighted by Gasteiger charge is 2.12. The number of ether oxygens (including phenoxy) is 1. The Morgan fingerprint density at radius 2 is 2.00 bits per heavy atom. The zero-order chi connectivity index (χ0) is 11.4. The number of benzene rings is 1. The number of halogens is 1. The second-order valence-electron chi connectivity index (χ2n) is 3.66. The fourth-order valence-corrected chi connectivity index (χ4v) is 2.03. The summed E-state index contributed by atoms with van der Waals surface area (Å²) in [5.41, 5.74) is 3.15. The van der Waals surface area contributed by atoms with Gasteiger partial charge >= 0.3 is 0 Å². The lowest BCUT2D eigenvalue weighted by atomic mass is 10.0. The highest BCUT2D eigenvalue weighted by atomic mass is 35.5. The molecule has 0 unspecified atom stereocenters. The van der Waals surface area contributed by atoms with Crippen LogP contribution in [0.3, 0.4) is 0 Å². The largest absolute Gasteiger partial charge is 0.496 e. The van der Waals surface area contributed by atoms with Crippen LogP contribution in [0.15, 0.2) is 6.07 Å². The van der Waals surface area contributed by atoms with Crippen molar-refractivity contribution in [3.63, 3.8) is 0 Å². The van der Waals surface area contributed by atoms with E-state index < -0.39 is 0 Å². The predicted molar refractivity (Wildman–Crippen MR) is 62.9 cm³/mol. The molecule has 3 heteroatoms. The fourth-order valence-electron chi connectivity index (χ4n) is 1.79. The van der Waals surface area contributed by atoms with Crippen molar-refractivity contribution in [2.24, 2.45) is 0 Å². The second kappa shape index (κ2) is 5.38. The van der Waals surface area contributed by atoms with Gasteiger partial charge in [-0.15, -0.1) is 0 Å². The van der Waals surface area contributed by atoms with E-state index in [2.05, 4.69) is 0 Å². The molecule has 0 saturated heterocycles. The minimum Gasteiger partial charge on any atom is -0.496 e. The number of hydrogen-bond acceptors (Lipinski definition) is 2. The zero-order valence-electron chi connectivity index (χ0n) is 9.43. The van der Waals surface area contributed by atoms with Crippen LogP contribution in [0.25, 0.3) is 0 Å². The van der Waals surface area contributed by atoms with E-state index in [-0.39, 0.29) is 6.61 Å². The van der Waals surface area contributed by atoms with E-state index in [1.807, 2.05) is 19.9 Å². The minimum absolute atomic E-state index is 0.173. The van der Waals surface area contributed by atoms with Gasteiger partial charge in [0, 0.05) is 12.2 Å². The summed E-state index contributed by atoms with van der Waals surface area (Å²) in [5.74, 6) is 0.846. The maximum Gasteiger partial charge on any atom is 0.126 e. The van der Waals surface area contributed by atoms with E-state index in [9.17, 15) is 0 Å². The monoisotopic (exact) mass is 228 g/mol. The van der Waals surface area contributed by atoms with Crippen LogP contribution in [0.5, 0.6) is 5.75 Å². The Bertz CT molecular complexity index is 348. The molecular formula is C12H17ClO2. The summed E-state index contributed by atoms with van der Waals surface area (Å²) in [6.45, 7) is 4.16. The quantitative estimate of drug-likeness (QED) is 0.859. The Hall–Kier alpha value is -0.730. The lowest BCUT2D eigenvalue weighted by Crippen LogP contribution is -1.99. The Labute approximate surface area is 95.8 Å². The van der Waals surface area contributed by atoms with Crippen molar-refractivity contribution in [1.82, 2.24) is 0 Å². The molecule has 0 atom stereocenters. The second-order valence-corrected chi connectivity index (χ2v) is 4.04. The summed E-state index contributed by atoms with van der Waals surface area (Å²) in [5, 5.41) is 9.59. The van der Waals surface area contributed by atoms with E-state index in [0.717, 1.165) is 33.9 Å². The molecular weight excluding hydrogens is 212 g/mol. The Morgan fingerprint density at radius 1 is 1.33 bits per heavy atom. The molecule has 0 aliphatic heterocycles. The van der Waals surface area contributed by atoms with E-state index in [4.69, 9.17) is 21.4 Å². The van der Waals surface area contributed by atoms with Crippen molar-refractivity contribution in [2.45, 2.75) is 26.7 Å². The van der Waals surface area contributed by atoms with Crippen molar-refractivity contribution >= 4 is 11.6 Å². The molecule has 0 bridgehead atoms. The average molecular weight is 229 g/mol. The fraction of sp³-hybridized carbons (Fsp3) is 0.500.